The van der Waals surface area contributed by atoms with Gasteiger partial charge in [-0.1, -0.05) is 12.1 Å². The third kappa shape index (κ3) is 4.61. The van der Waals surface area contributed by atoms with Crippen LogP contribution in [0.4, 0.5) is 23.4 Å². The van der Waals surface area contributed by atoms with E-state index >= 15 is 0 Å². The van der Waals surface area contributed by atoms with Crippen LogP contribution in [0, 0.1) is 12.7 Å². The first-order chi connectivity index (χ1) is 13.7. The molecule has 0 atom stereocenters. The van der Waals surface area contributed by atoms with Gasteiger partial charge in [0, 0.05) is 6.54 Å². The highest BCUT2D eigenvalue weighted by molar-refractivity contribution is 5.95. The molecule has 5 nitrogen and oxygen atoms in total. The minimum absolute atomic E-state index is 0.0164. The summed E-state index contributed by atoms with van der Waals surface area (Å²) in [5, 5.41) is 2.89. The fraction of sp³-hybridized carbons (Fsp3) is 0.250. The Bertz CT molecular complexity index is 1070. The summed E-state index contributed by atoms with van der Waals surface area (Å²) in [6.07, 6.45) is -4.53. The van der Waals surface area contributed by atoms with Gasteiger partial charge in [-0.3, -0.25) is 0 Å². The van der Waals surface area contributed by atoms with E-state index in [4.69, 9.17) is 4.74 Å². The lowest BCUT2D eigenvalue weighted by Gasteiger charge is -2.13. The maximum Gasteiger partial charge on any atom is 0.416 e. The molecule has 0 saturated heterocycles. The predicted octanol–water partition coefficient (Wildman–Crippen LogP) is 4.88. The Morgan fingerprint density at radius 3 is 2.52 bits per heavy atom. The number of nitrogens with one attached hydrogen (secondary N) is 1. The fourth-order valence-corrected chi connectivity index (χ4v) is 2.70. The molecule has 0 amide bonds. The summed E-state index contributed by atoms with van der Waals surface area (Å²) in [7, 11) is 0. The van der Waals surface area contributed by atoms with E-state index in [-0.39, 0.29) is 41.5 Å². The second kappa shape index (κ2) is 8.02. The average molecular weight is 407 g/mol. The van der Waals surface area contributed by atoms with Crippen molar-refractivity contribution in [2.24, 2.45) is 0 Å². The summed E-state index contributed by atoms with van der Waals surface area (Å²) in [6.45, 7) is 3.49. The quantitative estimate of drug-likeness (QED) is 0.482. The monoisotopic (exact) mass is 407 g/mol. The second-order valence-corrected chi connectivity index (χ2v) is 6.28. The number of halogens is 4. The molecule has 0 bridgehead atoms. The number of alkyl halides is 3. The van der Waals surface area contributed by atoms with Crippen LogP contribution < -0.4 is 5.32 Å². The zero-order chi connectivity index (χ0) is 21.2. The molecule has 3 aromatic rings. The molecule has 29 heavy (non-hydrogen) atoms. The van der Waals surface area contributed by atoms with Crippen molar-refractivity contribution in [1.29, 1.82) is 0 Å². The van der Waals surface area contributed by atoms with Crippen molar-refractivity contribution in [3.8, 4) is 0 Å². The van der Waals surface area contributed by atoms with E-state index in [1.54, 1.807) is 26.0 Å². The van der Waals surface area contributed by atoms with E-state index in [2.05, 4.69) is 15.3 Å². The minimum atomic E-state index is -4.53. The number of hydrogen-bond acceptors (Lipinski definition) is 5. The molecule has 0 fully saturated rings. The Morgan fingerprint density at radius 2 is 1.86 bits per heavy atom. The minimum Gasteiger partial charge on any atom is -0.461 e. The molecule has 9 heteroatoms. The van der Waals surface area contributed by atoms with Crippen molar-refractivity contribution in [2.45, 2.75) is 26.6 Å². The number of ether oxygens (including phenoxy) is 1. The molecule has 1 aromatic heterocycles. The van der Waals surface area contributed by atoms with Gasteiger partial charge in [0.15, 0.2) is 11.5 Å². The van der Waals surface area contributed by atoms with Gasteiger partial charge < -0.3 is 10.1 Å². The summed E-state index contributed by atoms with van der Waals surface area (Å²) >= 11 is 0. The van der Waals surface area contributed by atoms with Gasteiger partial charge in [-0.15, -0.1) is 0 Å². The standard InChI is InChI=1S/C20H17F4N3O2/c1-3-29-19(28)17-18(25-10-12-4-6-14(21)11(2)8-12)27-16-9-13(20(22,23)24)5-7-15(16)26-17/h4-9H,3,10H2,1-2H3,(H,25,27). The largest absolute Gasteiger partial charge is 0.461 e. The van der Waals surface area contributed by atoms with Crippen LogP contribution in [-0.4, -0.2) is 22.5 Å². The van der Waals surface area contributed by atoms with Crippen LogP contribution in [0.3, 0.4) is 0 Å². The Hall–Kier alpha value is -3.23. The van der Waals surface area contributed by atoms with Gasteiger partial charge in [0.2, 0.25) is 0 Å². The van der Waals surface area contributed by atoms with E-state index in [1.807, 2.05) is 0 Å². The number of carbonyl (C=O) groups excluding carboxylic acids is 1. The molecule has 0 aliphatic carbocycles. The topological polar surface area (TPSA) is 64.1 Å². The zero-order valence-corrected chi connectivity index (χ0v) is 15.6. The number of carbonyl (C=O) groups is 1. The smallest absolute Gasteiger partial charge is 0.416 e. The second-order valence-electron chi connectivity index (χ2n) is 6.28. The molecule has 152 valence electrons. The maximum absolute atomic E-state index is 13.4. The van der Waals surface area contributed by atoms with Gasteiger partial charge in [-0.2, -0.15) is 13.2 Å². The molecule has 1 N–H and O–H groups in total. The summed E-state index contributed by atoms with van der Waals surface area (Å²) in [6, 6.07) is 7.37. The number of benzene rings is 2. The molecule has 0 spiro atoms. The summed E-state index contributed by atoms with van der Waals surface area (Å²) in [5.41, 5.74) is 0.232. The van der Waals surface area contributed by atoms with Crippen molar-refractivity contribution in [1.82, 2.24) is 9.97 Å². The number of aryl methyl sites for hydroxylation is 1. The van der Waals surface area contributed by atoms with Crippen LogP contribution in [0.25, 0.3) is 11.0 Å². The number of anilines is 1. The molecule has 0 saturated carbocycles. The first kappa shape index (κ1) is 20.5. The SMILES string of the molecule is CCOC(=O)c1nc2ccc(C(F)(F)F)cc2nc1NCc1ccc(F)c(C)c1. The van der Waals surface area contributed by atoms with Crippen molar-refractivity contribution in [3.05, 3.63) is 64.6 Å². The molecule has 0 aliphatic rings. The van der Waals surface area contributed by atoms with E-state index in [0.717, 1.165) is 18.2 Å². The molecule has 2 aromatic carbocycles. The van der Waals surface area contributed by atoms with Crippen molar-refractivity contribution >= 4 is 22.8 Å². The Labute approximate surface area is 163 Å². The third-order valence-corrected chi connectivity index (χ3v) is 4.14. The van der Waals surface area contributed by atoms with Crippen LogP contribution in [-0.2, 0) is 17.5 Å². The third-order valence-electron chi connectivity index (χ3n) is 4.14. The van der Waals surface area contributed by atoms with E-state index < -0.39 is 17.7 Å². The number of fused-ring (bicyclic) bond motifs is 1. The van der Waals surface area contributed by atoms with Crippen molar-refractivity contribution < 1.29 is 27.1 Å². The van der Waals surface area contributed by atoms with Gasteiger partial charge in [-0.05, 0) is 49.2 Å². The normalized spacial score (nSPS) is 11.5. The van der Waals surface area contributed by atoms with Crippen molar-refractivity contribution in [2.75, 3.05) is 11.9 Å². The fourth-order valence-electron chi connectivity index (χ4n) is 2.70. The summed E-state index contributed by atoms with van der Waals surface area (Å²) < 4.78 is 57.4. The highest BCUT2D eigenvalue weighted by Gasteiger charge is 2.31. The lowest BCUT2D eigenvalue weighted by Crippen LogP contribution is -2.14. The van der Waals surface area contributed by atoms with Gasteiger partial charge in [0.25, 0.3) is 0 Å². The molecule has 1 heterocycles. The van der Waals surface area contributed by atoms with E-state index in [1.165, 1.54) is 6.07 Å². The van der Waals surface area contributed by atoms with Crippen LogP contribution in [0.5, 0.6) is 0 Å². The molecule has 0 unspecified atom stereocenters. The summed E-state index contributed by atoms with van der Waals surface area (Å²) in [5.74, 6) is -1.12. The molecule has 0 radical (unpaired) electrons. The van der Waals surface area contributed by atoms with Gasteiger partial charge in [-0.25, -0.2) is 19.2 Å². The first-order valence-corrected chi connectivity index (χ1v) is 8.74. The Kier molecular flexibility index (Phi) is 5.67. The van der Waals surface area contributed by atoms with Gasteiger partial charge in [0.05, 0.1) is 23.2 Å². The number of rotatable bonds is 5. The van der Waals surface area contributed by atoms with E-state index in [0.29, 0.717) is 11.1 Å². The molecular weight excluding hydrogens is 390 g/mol. The number of nitrogens with zero attached hydrogens (tertiary/aromatic N) is 2. The number of aromatic nitrogens is 2. The highest BCUT2D eigenvalue weighted by atomic mass is 19.4. The molecule has 3 rings (SSSR count). The average Bonchev–Trinajstić information content (AvgIpc) is 2.67. The number of esters is 1. The Morgan fingerprint density at radius 1 is 1.10 bits per heavy atom. The van der Waals surface area contributed by atoms with Crippen LogP contribution in [0.2, 0.25) is 0 Å². The molecule has 0 aliphatic heterocycles. The van der Waals surface area contributed by atoms with Gasteiger partial charge >= 0.3 is 12.1 Å². The number of hydrogen-bond donors (Lipinski definition) is 1. The summed E-state index contributed by atoms with van der Waals surface area (Å²) in [4.78, 5) is 20.5. The van der Waals surface area contributed by atoms with Gasteiger partial charge in [0.1, 0.15) is 5.82 Å². The predicted molar refractivity (Wildman–Crippen MR) is 99.0 cm³/mol. The highest BCUT2D eigenvalue weighted by Crippen LogP contribution is 2.31. The lowest BCUT2D eigenvalue weighted by molar-refractivity contribution is -0.137. The molecular formula is C20H17F4N3O2. The van der Waals surface area contributed by atoms with Crippen LogP contribution in [0.1, 0.15) is 34.1 Å². The van der Waals surface area contributed by atoms with Crippen LogP contribution >= 0.6 is 0 Å². The first-order valence-electron chi connectivity index (χ1n) is 8.74. The Balaban J connectivity index is 2.01. The van der Waals surface area contributed by atoms with Crippen LogP contribution in [0.15, 0.2) is 36.4 Å². The van der Waals surface area contributed by atoms with E-state index in [9.17, 15) is 22.4 Å². The maximum atomic E-state index is 13.4. The zero-order valence-electron chi connectivity index (χ0n) is 15.6. The lowest BCUT2D eigenvalue weighted by atomic mass is 10.1. The van der Waals surface area contributed by atoms with Crippen molar-refractivity contribution in [3.63, 3.8) is 0 Å².